The molecule has 0 atom stereocenters. The molecule has 0 spiro atoms. The summed E-state index contributed by atoms with van der Waals surface area (Å²) in [6, 6.07) is 47.2. The average molecular weight is 759 g/mol. The fourth-order valence-corrected chi connectivity index (χ4v) is 11.8. The summed E-state index contributed by atoms with van der Waals surface area (Å²) < 4.78 is 0. The molecule has 0 bridgehead atoms. The van der Waals surface area contributed by atoms with Crippen LogP contribution in [0.5, 0.6) is 0 Å². The van der Waals surface area contributed by atoms with Crippen LogP contribution in [0.2, 0.25) is 0 Å². The Kier molecular flexibility index (Phi) is 7.88. The molecule has 6 aromatic rings. The van der Waals surface area contributed by atoms with Crippen molar-refractivity contribution in [2.45, 2.75) is 122 Å². The van der Waals surface area contributed by atoms with Gasteiger partial charge in [-0.3, -0.25) is 0 Å². The Balaban J connectivity index is 1.33. The Labute approximate surface area is 348 Å². The van der Waals surface area contributed by atoms with Crippen LogP contribution in [0.25, 0.3) is 0 Å². The van der Waals surface area contributed by atoms with Gasteiger partial charge in [0.15, 0.2) is 0 Å². The zero-order chi connectivity index (χ0) is 40.7. The molecule has 4 aliphatic rings. The Hall–Kier alpha value is -5.02. The van der Waals surface area contributed by atoms with Crippen LogP contribution in [0.1, 0.15) is 128 Å². The maximum Gasteiger partial charge on any atom is 0.247 e. The fourth-order valence-electron chi connectivity index (χ4n) is 11.8. The molecular weight excluding hydrogens is 699 g/mol. The molecule has 2 aliphatic heterocycles. The van der Waals surface area contributed by atoms with Gasteiger partial charge >= 0.3 is 0 Å². The quantitative estimate of drug-likeness (QED) is 0.165. The summed E-state index contributed by atoms with van der Waals surface area (Å²) in [5, 5.41) is 0. The van der Waals surface area contributed by atoms with E-state index in [9.17, 15) is 0 Å². The minimum Gasteiger partial charge on any atom is -0.311 e. The van der Waals surface area contributed by atoms with Crippen LogP contribution >= 0.6 is 0 Å². The van der Waals surface area contributed by atoms with Gasteiger partial charge in [0.25, 0.3) is 0 Å². The van der Waals surface area contributed by atoms with E-state index in [0.717, 1.165) is 24.2 Å². The summed E-state index contributed by atoms with van der Waals surface area (Å²) in [4.78, 5) is 5.15. The third-order valence-corrected chi connectivity index (χ3v) is 14.7. The Morgan fingerprint density at radius 1 is 0.534 bits per heavy atom. The monoisotopic (exact) mass is 758 g/mol. The second kappa shape index (κ2) is 12.3. The molecule has 292 valence electrons. The number of fused-ring (bicyclic) bond motifs is 6. The number of hydrogen-bond acceptors (Lipinski definition) is 2. The summed E-state index contributed by atoms with van der Waals surface area (Å²) in [5.74, 6) is 0. The molecule has 6 aromatic carbocycles. The topological polar surface area (TPSA) is 6.48 Å². The Morgan fingerprint density at radius 2 is 1.17 bits per heavy atom. The standard InChI is InChI=1S/C55H59BN2/c1-51(2,3)36-22-24-42-46(29-36)56-47-33-43-35(26-27-52(43,4)5)28-48(47)58(39-23-25-41-44(30-39)54(8,9)34-53(41,6)7)49-32-40(31-45(50(49)56)55(42,10)11)57(37-18-14-12-15-19-37)38-20-16-13-17-21-38/h12-25,28-33H,26-27,34H2,1-11H3. The van der Waals surface area contributed by atoms with E-state index < -0.39 is 0 Å². The summed E-state index contributed by atoms with van der Waals surface area (Å²) in [6.07, 6.45) is 3.45. The highest BCUT2D eigenvalue weighted by Crippen LogP contribution is 2.53. The van der Waals surface area contributed by atoms with Gasteiger partial charge in [-0.2, -0.15) is 0 Å². The van der Waals surface area contributed by atoms with Crippen LogP contribution in [0.3, 0.4) is 0 Å². The first-order chi connectivity index (χ1) is 27.4. The molecule has 0 N–H and O–H groups in total. The largest absolute Gasteiger partial charge is 0.311 e. The van der Waals surface area contributed by atoms with Gasteiger partial charge in [-0.1, -0.05) is 148 Å². The predicted molar refractivity (Wildman–Crippen MR) is 250 cm³/mol. The number of nitrogens with zero attached hydrogens (tertiary/aromatic N) is 2. The van der Waals surface area contributed by atoms with E-state index in [1.807, 2.05) is 0 Å². The van der Waals surface area contributed by atoms with E-state index >= 15 is 0 Å². The highest BCUT2D eigenvalue weighted by molar-refractivity contribution is 6.99. The van der Waals surface area contributed by atoms with Gasteiger partial charge in [0.2, 0.25) is 6.71 Å². The second-order valence-electron chi connectivity index (χ2n) is 21.5. The lowest BCUT2D eigenvalue weighted by Gasteiger charge is -2.47. The molecule has 3 heteroatoms. The SMILES string of the molecule is CC(C)(C)c1ccc2c(c1)B1c3cc4c(cc3N(c3ccc5c(c3)C(C)(C)CC5(C)C)c3cc(N(c5ccccc5)c5ccccc5)cc(c31)C2(C)C)CCC4(C)C. The molecule has 0 fully saturated rings. The van der Waals surface area contributed by atoms with Crippen LogP contribution in [0.4, 0.5) is 34.1 Å². The van der Waals surface area contributed by atoms with Crippen LogP contribution in [-0.2, 0) is 33.5 Å². The number of aryl methyl sites for hydroxylation is 1. The minimum atomic E-state index is -0.246. The number of para-hydroxylation sites is 2. The Bertz CT molecular complexity index is 2600. The summed E-state index contributed by atoms with van der Waals surface area (Å²) in [5.41, 5.74) is 22.2. The average Bonchev–Trinajstić information content (AvgIpc) is 3.57. The first-order valence-corrected chi connectivity index (χ1v) is 21.7. The van der Waals surface area contributed by atoms with Crippen LogP contribution in [0, 0.1) is 0 Å². The number of anilines is 6. The van der Waals surface area contributed by atoms with Crippen molar-refractivity contribution < 1.29 is 0 Å². The molecule has 2 nitrogen and oxygen atoms in total. The molecular formula is C55H59BN2. The van der Waals surface area contributed by atoms with Crippen molar-refractivity contribution in [1.82, 2.24) is 0 Å². The van der Waals surface area contributed by atoms with Crippen molar-refractivity contribution in [2.75, 3.05) is 9.80 Å². The summed E-state index contributed by atoms with van der Waals surface area (Å²) in [6.45, 7) is 26.8. The van der Waals surface area contributed by atoms with E-state index in [1.54, 1.807) is 0 Å². The molecule has 0 saturated carbocycles. The zero-order valence-corrected chi connectivity index (χ0v) is 36.6. The van der Waals surface area contributed by atoms with E-state index in [1.165, 1.54) is 84.5 Å². The first-order valence-electron chi connectivity index (χ1n) is 21.7. The smallest absolute Gasteiger partial charge is 0.247 e. The third kappa shape index (κ3) is 5.44. The van der Waals surface area contributed by atoms with Gasteiger partial charge in [0, 0.05) is 39.5 Å². The van der Waals surface area contributed by atoms with Crippen molar-refractivity contribution in [3.8, 4) is 0 Å². The highest BCUT2D eigenvalue weighted by atomic mass is 15.2. The van der Waals surface area contributed by atoms with E-state index in [4.69, 9.17) is 0 Å². The fraction of sp³-hybridized carbons (Fsp3) is 0.345. The minimum absolute atomic E-state index is 0.0342. The van der Waals surface area contributed by atoms with Crippen molar-refractivity contribution >= 4 is 57.2 Å². The second-order valence-corrected chi connectivity index (χ2v) is 21.5. The zero-order valence-electron chi connectivity index (χ0n) is 36.6. The molecule has 0 unspecified atom stereocenters. The van der Waals surface area contributed by atoms with Gasteiger partial charge in [0.05, 0.1) is 0 Å². The van der Waals surface area contributed by atoms with Gasteiger partial charge in [0.1, 0.15) is 0 Å². The number of hydrogen-bond donors (Lipinski definition) is 0. The third-order valence-electron chi connectivity index (χ3n) is 14.7. The normalized spacial score (nSPS) is 18.5. The van der Waals surface area contributed by atoms with Gasteiger partial charge in [-0.15, -0.1) is 0 Å². The number of benzene rings is 6. The van der Waals surface area contributed by atoms with Crippen molar-refractivity contribution in [1.29, 1.82) is 0 Å². The molecule has 0 amide bonds. The van der Waals surface area contributed by atoms with E-state index in [2.05, 4.69) is 207 Å². The number of rotatable bonds is 4. The lowest BCUT2D eigenvalue weighted by atomic mass is 9.30. The molecule has 0 saturated heterocycles. The van der Waals surface area contributed by atoms with Crippen LogP contribution in [-0.4, -0.2) is 6.71 Å². The predicted octanol–water partition coefficient (Wildman–Crippen LogP) is 12.6. The van der Waals surface area contributed by atoms with Crippen LogP contribution in [0.15, 0.2) is 121 Å². The first kappa shape index (κ1) is 37.3. The van der Waals surface area contributed by atoms with Gasteiger partial charge < -0.3 is 9.80 Å². The van der Waals surface area contributed by atoms with Crippen molar-refractivity contribution in [3.05, 3.63) is 160 Å². The lowest BCUT2D eigenvalue weighted by molar-refractivity contribution is 0.403. The van der Waals surface area contributed by atoms with E-state index in [0.29, 0.717) is 0 Å². The Morgan fingerprint density at radius 3 is 1.83 bits per heavy atom. The molecule has 58 heavy (non-hydrogen) atoms. The van der Waals surface area contributed by atoms with Gasteiger partial charge in [-0.25, -0.2) is 0 Å². The summed E-state index contributed by atoms with van der Waals surface area (Å²) >= 11 is 0. The van der Waals surface area contributed by atoms with Crippen molar-refractivity contribution in [3.63, 3.8) is 0 Å². The molecule has 10 rings (SSSR count). The molecule has 2 aliphatic carbocycles. The van der Waals surface area contributed by atoms with E-state index in [-0.39, 0.29) is 33.8 Å². The highest BCUT2D eigenvalue weighted by Gasteiger charge is 2.49. The molecule has 0 aromatic heterocycles. The lowest BCUT2D eigenvalue weighted by Crippen LogP contribution is -2.64. The maximum atomic E-state index is 2.68. The van der Waals surface area contributed by atoms with Crippen LogP contribution < -0.4 is 26.2 Å². The molecule has 2 heterocycles. The molecule has 0 radical (unpaired) electrons. The summed E-state index contributed by atoms with van der Waals surface area (Å²) in [7, 11) is 0. The maximum absolute atomic E-state index is 2.68. The van der Waals surface area contributed by atoms with Crippen molar-refractivity contribution in [2.24, 2.45) is 0 Å². The van der Waals surface area contributed by atoms with Gasteiger partial charge in [-0.05, 0) is 145 Å².